The summed E-state index contributed by atoms with van der Waals surface area (Å²) in [6.07, 6.45) is 1.93. The Labute approximate surface area is 192 Å². The zero-order valence-corrected chi connectivity index (χ0v) is 19.6. The Morgan fingerprint density at radius 1 is 1.27 bits per heavy atom. The number of hydrogen-bond acceptors (Lipinski definition) is 5. The lowest BCUT2D eigenvalue weighted by Gasteiger charge is -2.33. The summed E-state index contributed by atoms with van der Waals surface area (Å²) in [5.74, 6) is 0. The summed E-state index contributed by atoms with van der Waals surface area (Å²) in [4.78, 5) is 30.8. The van der Waals surface area contributed by atoms with E-state index in [1.807, 2.05) is 25.5 Å². The van der Waals surface area contributed by atoms with E-state index in [9.17, 15) is 14.7 Å². The van der Waals surface area contributed by atoms with Gasteiger partial charge in [0.25, 0.3) is 5.56 Å². The number of fused-ring (bicyclic) bond motifs is 3. The van der Waals surface area contributed by atoms with Crippen LogP contribution < -0.4 is 5.56 Å². The minimum atomic E-state index is -0.843. The molecule has 1 saturated heterocycles. The van der Waals surface area contributed by atoms with Gasteiger partial charge < -0.3 is 14.7 Å². The van der Waals surface area contributed by atoms with Gasteiger partial charge in [-0.2, -0.15) is 5.10 Å². The Hall–Kier alpha value is -3.38. The number of carbonyl (C=O) groups excluding carboxylic acids is 1. The minimum absolute atomic E-state index is 0.0155. The number of aryl methyl sites for hydroxylation is 1. The third-order valence-corrected chi connectivity index (χ3v) is 6.09. The van der Waals surface area contributed by atoms with E-state index in [0.717, 1.165) is 5.39 Å². The van der Waals surface area contributed by atoms with Crippen LogP contribution in [0.3, 0.4) is 0 Å². The summed E-state index contributed by atoms with van der Waals surface area (Å²) in [5, 5.41) is 16.8. The van der Waals surface area contributed by atoms with Crippen LogP contribution in [-0.2, 0) is 11.8 Å². The Balaban J connectivity index is 1.75. The molecule has 1 aliphatic heterocycles. The van der Waals surface area contributed by atoms with E-state index in [4.69, 9.17) is 11.3 Å². The van der Waals surface area contributed by atoms with Crippen molar-refractivity contribution < 1.29 is 14.6 Å². The van der Waals surface area contributed by atoms with Gasteiger partial charge in [-0.05, 0) is 52.2 Å². The van der Waals surface area contributed by atoms with E-state index in [0.29, 0.717) is 53.6 Å². The molecule has 1 aliphatic rings. The van der Waals surface area contributed by atoms with Gasteiger partial charge in [-0.3, -0.25) is 9.36 Å². The van der Waals surface area contributed by atoms with E-state index in [-0.39, 0.29) is 17.7 Å². The zero-order chi connectivity index (χ0) is 24.1. The molecule has 1 atom stereocenters. The first kappa shape index (κ1) is 22.8. The van der Waals surface area contributed by atoms with Gasteiger partial charge in [-0.15, -0.1) is 0 Å². The monoisotopic (exact) mass is 451 g/mol. The van der Waals surface area contributed by atoms with Crippen molar-refractivity contribution >= 4 is 33.6 Å². The van der Waals surface area contributed by atoms with Crippen molar-refractivity contribution in [1.82, 2.24) is 19.2 Å². The smallest absolute Gasteiger partial charge is 0.410 e. The highest BCUT2D eigenvalue weighted by molar-refractivity contribution is 6.07. The number of aliphatic hydroxyl groups excluding tert-OH is 1. The van der Waals surface area contributed by atoms with Gasteiger partial charge in [0.1, 0.15) is 11.2 Å². The van der Waals surface area contributed by atoms with Gasteiger partial charge in [-0.1, -0.05) is 6.07 Å². The number of amides is 1. The fourth-order valence-corrected chi connectivity index (χ4v) is 4.54. The molecule has 0 radical (unpaired) electrons. The molecule has 1 amide bonds. The van der Waals surface area contributed by atoms with Gasteiger partial charge in [0, 0.05) is 36.3 Å². The molecule has 1 N–H and O–H groups in total. The molecule has 1 fully saturated rings. The average molecular weight is 452 g/mol. The molecule has 1 unspecified atom stereocenters. The summed E-state index contributed by atoms with van der Waals surface area (Å²) in [6.45, 7) is 15.6. The van der Waals surface area contributed by atoms with Gasteiger partial charge in [0.05, 0.1) is 24.9 Å². The van der Waals surface area contributed by atoms with Crippen LogP contribution in [0.25, 0.3) is 26.7 Å². The number of likely N-dealkylation sites (tertiary alicyclic amines) is 1. The maximum Gasteiger partial charge on any atom is 0.410 e. The molecule has 0 spiro atoms. The van der Waals surface area contributed by atoms with Crippen molar-refractivity contribution in [2.24, 2.45) is 7.05 Å². The SMILES string of the molecule is [C-]#[N+]c1cc(C(C)O)c2c(c1)c(=O)n(C)c1c2cnn1C1CCN(C(=O)OC(C)(C)C)CC1. The molecule has 9 nitrogen and oxygen atoms in total. The number of nitrogens with zero attached hydrogens (tertiary/aromatic N) is 5. The van der Waals surface area contributed by atoms with Crippen LogP contribution in [-0.4, -0.2) is 49.1 Å². The van der Waals surface area contributed by atoms with E-state index < -0.39 is 11.7 Å². The second-order valence-corrected chi connectivity index (χ2v) is 9.63. The molecule has 33 heavy (non-hydrogen) atoms. The lowest BCUT2D eigenvalue weighted by Crippen LogP contribution is -2.42. The number of hydrogen-bond donors (Lipinski definition) is 1. The number of pyridine rings is 1. The quantitative estimate of drug-likeness (QED) is 0.593. The lowest BCUT2D eigenvalue weighted by atomic mass is 9.98. The fourth-order valence-electron chi connectivity index (χ4n) is 4.54. The van der Waals surface area contributed by atoms with Gasteiger partial charge in [-0.25, -0.2) is 14.3 Å². The van der Waals surface area contributed by atoms with Crippen LogP contribution in [0.2, 0.25) is 0 Å². The topological polar surface area (TPSA) is 94.0 Å². The molecule has 9 heteroatoms. The van der Waals surface area contributed by atoms with Crippen LogP contribution in [0, 0.1) is 6.57 Å². The fraction of sp³-hybridized carbons (Fsp3) is 0.500. The average Bonchev–Trinajstić information content (AvgIpc) is 3.20. The number of carbonyl (C=O) groups is 1. The highest BCUT2D eigenvalue weighted by atomic mass is 16.6. The third kappa shape index (κ3) is 4.07. The first-order valence-corrected chi connectivity index (χ1v) is 11.1. The molecular weight excluding hydrogens is 422 g/mol. The second kappa shape index (κ2) is 8.19. The molecule has 174 valence electrons. The van der Waals surface area contributed by atoms with Crippen molar-refractivity contribution in [1.29, 1.82) is 0 Å². The Morgan fingerprint density at radius 3 is 2.52 bits per heavy atom. The van der Waals surface area contributed by atoms with E-state index >= 15 is 0 Å². The molecule has 0 bridgehead atoms. The van der Waals surface area contributed by atoms with Crippen molar-refractivity contribution in [2.75, 3.05) is 13.1 Å². The van der Waals surface area contributed by atoms with Crippen molar-refractivity contribution in [3.8, 4) is 0 Å². The molecule has 3 aromatic rings. The number of ether oxygens (including phenoxy) is 1. The summed E-state index contributed by atoms with van der Waals surface area (Å²) < 4.78 is 8.90. The molecular formula is C24H29N5O4. The van der Waals surface area contributed by atoms with Crippen LogP contribution in [0.5, 0.6) is 0 Å². The highest BCUT2D eigenvalue weighted by Gasteiger charge is 2.29. The van der Waals surface area contributed by atoms with E-state index in [1.165, 1.54) is 0 Å². The predicted molar refractivity (Wildman–Crippen MR) is 125 cm³/mol. The first-order chi connectivity index (χ1) is 15.5. The van der Waals surface area contributed by atoms with Gasteiger partial charge in [0.15, 0.2) is 5.69 Å². The Bertz CT molecular complexity index is 1330. The highest BCUT2D eigenvalue weighted by Crippen LogP contribution is 2.35. The van der Waals surface area contributed by atoms with Crippen molar-refractivity contribution in [3.05, 3.63) is 45.7 Å². The largest absolute Gasteiger partial charge is 0.444 e. The van der Waals surface area contributed by atoms with Gasteiger partial charge in [0.2, 0.25) is 0 Å². The number of aromatic nitrogens is 3. The molecule has 4 rings (SSSR count). The normalized spacial score (nSPS) is 16.2. The van der Waals surface area contributed by atoms with Crippen molar-refractivity contribution in [3.63, 3.8) is 0 Å². The third-order valence-electron chi connectivity index (χ3n) is 6.09. The van der Waals surface area contributed by atoms with Crippen LogP contribution in [0.15, 0.2) is 23.1 Å². The van der Waals surface area contributed by atoms with Crippen LogP contribution in [0.4, 0.5) is 10.5 Å². The summed E-state index contributed by atoms with van der Waals surface area (Å²) in [6, 6.07) is 3.23. The summed E-state index contributed by atoms with van der Waals surface area (Å²) in [7, 11) is 1.70. The molecule has 2 aromatic heterocycles. The molecule has 0 saturated carbocycles. The maximum atomic E-state index is 13.3. The molecule has 1 aromatic carbocycles. The Kier molecular flexibility index (Phi) is 5.66. The van der Waals surface area contributed by atoms with Crippen LogP contribution in [0.1, 0.15) is 58.2 Å². The number of rotatable bonds is 2. The van der Waals surface area contributed by atoms with E-state index in [1.54, 1.807) is 41.8 Å². The maximum absolute atomic E-state index is 13.3. The summed E-state index contributed by atoms with van der Waals surface area (Å²) >= 11 is 0. The zero-order valence-electron chi connectivity index (χ0n) is 19.6. The minimum Gasteiger partial charge on any atom is -0.444 e. The van der Waals surface area contributed by atoms with Crippen molar-refractivity contribution in [2.45, 2.75) is 58.3 Å². The standard InChI is InChI=1S/C24H29N5O4/c1-14(30)17-11-15(25-5)12-18-20(17)19-13-26-29(21(19)27(6)22(18)31)16-7-9-28(10-8-16)23(32)33-24(2,3)4/h11-14,16,30H,7-10H2,1-4,6H3. The number of benzene rings is 1. The molecule has 3 heterocycles. The predicted octanol–water partition coefficient (Wildman–Crippen LogP) is 4.06. The lowest BCUT2D eigenvalue weighted by molar-refractivity contribution is 0.0186. The van der Waals surface area contributed by atoms with Crippen LogP contribution >= 0.6 is 0 Å². The molecule has 0 aliphatic carbocycles. The Morgan fingerprint density at radius 2 is 1.94 bits per heavy atom. The van der Waals surface area contributed by atoms with E-state index in [2.05, 4.69) is 9.94 Å². The second-order valence-electron chi connectivity index (χ2n) is 9.63. The number of piperidine rings is 1. The first-order valence-electron chi connectivity index (χ1n) is 11.1. The van der Waals surface area contributed by atoms with Gasteiger partial charge >= 0.3 is 6.09 Å². The number of aliphatic hydroxyl groups is 1. The summed E-state index contributed by atoms with van der Waals surface area (Å²) in [5.41, 5.74) is 0.746.